The first-order valence-corrected chi connectivity index (χ1v) is 6.91. The van der Waals surface area contributed by atoms with Crippen LogP contribution in [0.1, 0.15) is 23.0 Å². The number of nitrogens with one attached hydrogen (secondary N) is 1. The molecule has 3 N–H and O–H groups in total. The normalized spacial score (nSPS) is 10.4. The molecule has 0 bridgehead atoms. The van der Waals surface area contributed by atoms with Crippen LogP contribution in [0.2, 0.25) is 0 Å². The number of carbonyl (C=O) groups excluding carboxylic acids is 1. The van der Waals surface area contributed by atoms with Gasteiger partial charge in [-0.25, -0.2) is 4.79 Å². The number of H-pyrrole nitrogens is 1. The summed E-state index contributed by atoms with van der Waals surface area (Å²) in [5, 5.41) is 0. The molecule has 0 aliphatic carbocycles. The number of ether oxygens (including phenoxy) is 3. The Morgan fingerprint density at radius 3 is 2.59 bits per heavy atom. The lowest BCUT2D eigenvalue weighted by Gasteiger charge is -2.10. The molecule has 0 unspecified atom stereocenters. The third-order valence-corrected chi connectivity index (χ3v) is 3.38. The number of nitrogens with two attached hydrogens (primary N) is 1. The summed E-state index contributed by atoms with van der Waals surface area (Å²) < 4.78 is 15.6. The molecule has 2 rings (SSSR count). The number of benzene rings is 1. The SMILES string of the molecule is CCOC(=O)c1c(C)[nH]c(-c2ccc(OC)cc2OC)c1N. The zero-order valence-corrected chi connectivity index (χ0v) is 13.1. The van der Waals surface area contributed by atoms with Crippen LogP contribution in [-0.4, -0.2) is 31.8 Å². The van der Waals surface area contributed by atoms with E-state index < -0.39 is 5.97 Å². The summed E-state index contributed by atoms with van der Waals surface area (Å²) in [4.78, 5) is 15.1. The first-order chi connectivity index (χ1) is 10.5. The predicted octanol–water partition coefficient (Wildman–Crippen LogP) is 2.77. The summed E-state index contributed by atoms with van der Waals surface area (Å²) in [5.41, 5.74) is 8.88. The Labute approximate surface area is 129 Å². The van der Waals surface area contributed by atoms with Crippen molar-refractivity contribution in [2.45, 2.75) is 13.8 Å². The number of carbonyl (C=O) groups is 1. The predicted molar refractivity (Wildman–Crippen MR) is 84.4 cm³/mol. The molecule has 0 aliphatic rings. The summed E-state index contributed by atoms with van der Waals surface area (Å²) in [6.45, 7) is 3.83. The smallest absolute Gasteiger partial charge is 0.342 e. The lowest BCUT2D eigenvalue weighted by molar-refractivity contribution is 0.0527. The number of aromatic nitrogens is 1. The fourth-order valence-electron chi connectivity index (χ4n) is 2.33. The highest BCUT2D eigenvalue weighted by Gasteiger charge is 2.22. The molecule has 6 heteroatoms. The zero-order valence-electron chi connectivity index (χ0n) is 13.1. The number of methoxy groups -OCH3 is 2. The van der Waals surface area contributed by atoms with Crippen molar-refractivity contribution >= 4 is 11.7 Å². The highest BCUT2D eigenvalue weighted by Crippen LogP contribution is 2.38. The summed E-state index contributed by atoms with van der Waals surface area (Å²) in [6, 6.07) is 5.39. The van der Waals surface area contributed by atoms with Gasteiger partial charge in [0.05, 0.1) is 32.2 Å². The van der Waals surface area contributed by atoms with E-state index in [-0.39, 0.29) is 0 Å². The monoisotopic (exact) mass is 304 g/mol. The maximum Gasteiger partial charge on any atom is 0.342 e. The number of hydrogen-bond donors (Lipinski definition) is 2. The maximum atomic E-state index is 12.0. The van der Waals surface area contributed by atoms with Crippen molar-refractivity contribution in [2.75, 3.05) is 26.6 Å². The molecule has 0 spiro atoms. The van der Waals surface area contributed by atoms with E-state index in [1.165, 1.54) is 0 Å². The molecule has 0 amide bonds. The van der Waals surface area contributed by atoms with Crippen LogP contribution < -0.4 is 15.2 Å². The fourth-order valence-corrected chi connectivity index (χ4v) is 2.33. The number of nitrogen functional groups attached to an aromatic ring is 1. The second-order valence-corrected chi connectivity index (χ2v) is 4.70. The van der Waals surface area contributed by atoms with Gasteiger partial charge >= 0.3 is 5.97 Å². The van der Waals surface area contributed by atoms with Crippen LogP contribution in [0.5, 0.6) is 11.5 Å². The molecule has 22 heavy (non-hydrogen) atoms. The van der Waals surface area contributed by atoms with Crippen LogP contribution in [0.4, 0.5) is 5.69 Å². The molecular formula is C16H20N2O4. The van der Waals surface area contributed by atoms with Crippen LogP contribution >= 0.6 is 0 Å². The van der Waals surface area contributed by atoms with Crippen molar-refractivity contribution in [2.24, 2.45) is 0 Å². The maximum absolute atomic E-state index is 12.0. The molecule has 0 radical (unpaired) electrons. The fraction of sp³-hybridized carbons (Fsp3) is 0.312. The van der Waals surface area contributed by atoms with Gasteiger partial charge in [-0.2, -0.15) is 0 Å². The van der Waals surface area contributed by atoms with Crippen LogP contribution in [0.3, 0.4) is 0 Å². The minimum absolute atomic E-state index is 0.296. The lowest BCUT2D eigenvalue weighted by atomic mass is 10.1. The Morgan fingerprint density at radius 2 is 2.00 bits per heavy atom. The average Bonchev–Trinajstić information content (AvgIpc) is 2.81. The van der Waals surface area contributed by atoms with Crippen molar-refractivity contribution in [3.63, 3.8) is 0 Å². The molecule has 1 aromatic heterocycles. The summed E-state index contributed by atoms with van der Waals surface area (Å²) in [6.07, 6.45) is 0. The number of rotatable bonds is 5. The molecule has 1 heterocycles. The quantitative estimate of drug-likeness (QED) is 0.829. The van der Waals surface area contributed by atoms with Crippen molar-refractivity contribution < 1.29 is 19.0 Å². The van der Waals surface area contributed by atoms with Gasteiger partial charge in [-0.15, -0.1) is 0 Å². The molecule has 0 aliphatic heterocycles. The first-order valence-electron chi connectivity index (χ1n) is 6.91. The van der Waals surface area contributed by atoms with E-state index >= 15 is 0 Å². The molecule has 1 aromatic carbocycles. The van der Waals surface area contributed by atoms with Gasteiger partial charge in [-0.3, -0.25) is 0 Å². The van der Waals surface area contributed by atoms with E-state index in [0.29, 0.717) is 40.7 Å². The van der Waals surface area contributed by atoms with Crippen LogP contribution in [-0.2, 0) is 4.74 Å². The highest BCUT2D eigenvalue weighted by atomic mass is 16.5. The van der Waals surface area contributed by atoms with Crippen molar-refractivity contribution in [1.29, 1.82) is 0 Å². The first kappa shape index (κ1) is 15.8. The second-order valence-electron chi connectivity index (χ2n) is 4.70. The number of hydrogen-bond acceptors (Lipinski definition) is 5. The summed E-state index contributed by atoms with van der Waals surface area (Å²) in [5.74, 6) is 0.836. The Morgan fingerprint density at radius 1 is 1.27 bits per heavy atom. The number of anilines is 1. The molecular weight excluding hydrogens is 284 g/mol. The molecule has 6 nitrogen and oxygen atoms in total. The highest BCUT2D eigenvalue weighted by molar-refractivity contribution is 6.01. The average molecular weight is 304 g/mol. The van der Waals surface area contributed by atoms with Crippen LogP contribution in [0, 0.1) is 6.92 Å². The van der Waals surface area contributed by atoms with Crippen LogP contribution in [0.25, 0.3) is 11.3 Å². The number of esters is 1. The standard InChI is InChI=1S/C16H20N2O4/c1-5-22-16(19)13-9(2)18-15(14(13)17)11-7-6-10(20-3)8-12(11)21-4/h6-8,18H,5,17H2,1-4H3. The van der Waals surface area contributed by atoms with Gasteiger partial charge in [-0.05, 0) is 26.0 Å². The van der Waals surface area contributed by atoms with Gasteiger partial charge in [-0.1, -0.05) is 0 Å². The van der Waals surface area contributed by atoms with E-state index in [2.05, 4.69) is 4.98 Å². The van der Waals surface area contributed by atoms with E-state index in [1.54, 1.807) is 40.2 Å². The minimum atomic E-state index is -0.438. The van der Waals surface area contributed by atoms with Gasteiger partial charge in [0, 0.05) is 17.3 Å². The van der Waals surface area contributed by atoms with Gasteiger partial charge in [0.2, 0.25) is 0 Å². The summed E-state index contributed by atoms with van der Waals surface area (Å²) >= 11 is 0. The van der Waals surface area contributed by atoms with Crippen LogP contribution in [0.15, 0.2) is 18.2 Å². The van der Waals surface area contributed by atoms with Gasteiger partial charge in [0.1, 0.15) is 17.1 Å². The Balaban J connectivity index is 2.55. The molecule has 118 valence electrons. The molecule has 0 fully saturated rings. The Kier molecular flexibility index (Phi) is 4.60. The van der Waals surface area contributed by atoms with E-state index in [0.717, 1.165) is 5.56 Å². The Hall–Kier alpha value is -2.63. The molecule has 0 saturated carbocycles. The summed E-state index contributed by atoms with van der Waals surface area (Å²) in [7, 11) is 3.15. The van der Waals surface area contributed by atoms with E-state index in [4.69, 9.17) is 19.9 Å². The number of aryl methyl sites for hydroxylation is 1. The van der Waals surface area contributed by atoms with E-state index in [1.807, 2.05) is 6.07 Å². The van der Waals surface area contributed by atoms with Crippen molar-refractivity contribution in [3.05, 3.63) is 29.5 Å². The third kappa shape index (κ3) is 2.72. The van der Waals surface area contributed by atoms with Gasteiger partial charge in [0.15, 0.2) is 0 Å². The lowest BCUT2D eigenvalue weighted by Crippen LogP contribution is -2.07. The van der Waals surface area contributed by atoms with Crippen molar-refractivity contribution in [3.8, 4) is 22.8 Å². The van der Waals surface area contributed by atoms with Crippen molar-refractivity contribution in [1.82, 2.24) is 4.98 Å². The number of aromatic amines is 1. The van der Waals surface area contributed by atoms with Gasteiger partial charge in [0.25, 0.3) is 0 Å². The molecule has 0 atom stereocenters. The zero-order chi connectivity index (χ0) is 16.3. The van der Waals surface area contributed by atoms with E-state index in [9.17, 15) is 4.79 Å². The Bertz CT molecular complexity index is 692. The third-order valence-electron chi connectivity index (χ3n) is 3.38. The topological polar surface area (TPSA) is 86.6 Å². The minimum Gasteiger partial charge on any atom is -0.497 e. The molecule has 0 saturated heterocycles. The second kappa shape index (κ2) is 6.43. The largest absolute Gasteiger partial charge is 0.497 e. The van der Waals surface area contributed by atoms with Gasteiger partial charge < -0.3 is 24.9 Å². The molecule has 2 aromatic rings.